The maximum atomic E-state index is 0. The molecule has 6 N–H and O–H groups in total. The van der Waals surface area contributed by atoms with Gasteiger partial charge in [0.1, 0.15) is 0 Å². The molecule has 27 heteroatoms. The molecule has 0 fully saturated rings. The molecule has 0 radical (unpaired) electrons. The first-order chi connectivity index (χ1) is 0. The molecule has 0 spiro atoms. The van der Waals surface area contributed by atoms with Gasteiger partial charge in [-0.05, 0) is 0 Å². The fourth-order valence-electron chi connectivity index (χ4n) is 0. The number of hydrogen-bond donors (Lipinski definition) is 2. The van der Waals surface area contributed by atoms with Crippen molar-refractivity contribution in [2.24, 2.45) is 0 Å². The molecule has 0 aliphatic rings. The van der Waals surface area contributed by atoms with Gasteiger partial charge in [0.15, 0.2) is 0 Å². The predicted molar refractivity (Wildman–Crippen MR) is 191 cm³/mol. The van der Waals surface area contributed by atoms with Gasteiger partial charge in [-0.1, -0.05) is 0 Å². The van der Waals surface area contributed by atoms with E-state index in [0.29, 0.717) is 0 Å². The summed E-state index contributed by atoms with van der Waals surface area (Å²) in [6.07, 6.45) is 0. The maximum Gasteiger partial charge on any atom is -0.147 e. The highest BCUT2D eigenvalue weighted by Gasteiger charge is -0.122. The molecule has 0 saturated heterocycles. The van der Waals surface area contributed by atoms with E-state index >= 15 is 0 Å². The third-order valence-electron chi connectivity index (χ3n) is 0. The Labute approximate surface area is 317 Å². The van der Waals surface area contributed by atoms with Crippen LogP contribution in [0.15, 0.2) is 0 Å². The lowest BCUT2D eigenvalue weighted by Gasteiger charge is -0.345. The van der Waals surface area contributed by atoms with Gasteiger partial charge >= 0.3 is 0 Å². The van der Waals surface area contributed by atoms with Gasteiger partial charge in [-0.3, -0.25) is 0 Å². The van der Waals surface area contributed by atoms with Crippen LogP contribution >= 0.6 is 310 Å². The van der Waals surface area contributed by atoms with Gasteiger partial charge in [0.05, 0.1) is 0 Å². The molecule has 0 aliphatic heterocycles. The Morgan fingerprint density at radius 3 is 0.0741 bits per heavy atom. The van der Waals surface area contributed by atoms with Crippen LogP contribution in [0.3, 0.4) is 0 Å². The summed E-state index contributed by atoms with van der Waals surface area (Å²) < 4.78 is 0. The van der Waals surface area contributed by atoms with Crippen molar-refractivity contribution in [1.82, 2.24) is 12.3 Å². The Bertz CT molecular complexity index is 10.3. The molecule has 0 unspecified atom stereocenters. The lowest BCUT2D eigenvalue weighted by Crippen LogP contribution is -0.482. The fourth-order valence-corrected chi connectivity index (χ4v) is 0. The van der Waals surface area contributed by atoms with Gasteiger partial charge in [0, 0.05) is 0 Å². The Kier molecular flexibility index (Phi) is 18100. The van der Waals surface area contributed by atoms with Gasteiger partial charge in [-0.15, -0.1) is 310 Å². The van der Waals surface area contributed by atoms with Crippen molar-refractivity contribution in [3.63, 3.8) is 0 Å². The molecule has 0 aromatic rings. The zero-order chi connectivity index (χ0) is 0. The second kappa shape index (κ2) is 668. The highest BCUT2D eigenvalue weighted by molar-refractivity contribution is 5.88. The standard InChI is InChI=1S/25ClH.2H3N/h25*1H;2*1H3. The van der Waals surface area contributed by atoms with Crippen molar-refractivity contribution in [2.45, 2.75) is 0 Å². The average molecular weight is 946 g/mol. The van der Waals surface area contributed by atoms with E-state index in [0.717, 1.165) is 0 Å². The largest absolute Gasteiger partial charge is 0.344 e. The highest BCUT2D eigenvalue weighted by Crippen LogP contribution is 0.714. The van der Waals surface area contributed by atoms with Gasteiger partial charge in [-0.2, -0.15) is 0 Å². The first kappa shape index (κ1) is 731. The predicted octanol–water partition coefficient (Wildman–Crippen LogP) is 10.9. The van der Waals surface area contributed by atoms with Crippen molar-refractivity contribution in [3.8, 4) is 0 Å². The van der Waals surface area contributed by atoms with Crippen LogP contribution in [-0.4, -0.2) is 0 Å². The van der Waals surface area contributed by atoms with E-state index < -0.39 is 0 Å². The molecule has 0 aliphatic carbocycles. The van der Waals surface area contributed by atoms with Crippen molar-refractivity contribution in [2.75, 3.05) is 0 Å². The van der Waals surface area contributed by atoms with Gasteiger partial charge in [0.2, 0.25) is 0 Å². The summed E-state index contributed by atoms with van der Waals surface area (Å²) in [5.74, 6) is 0. The van der Waals surface area contributed by atoms with Gasteiger partial charge in [0.25, 0.3) is 0 Å². The van der Waals surface area contributed by atoms with E-state index in [4.69, 9.17) is 0 Å². The molecule has 2 nitrogen and oxygen atoms in total. The van der Waals surface area contributed by atoms with Crippen molar-refractivity contribution in [3.05, 3.63) is 0 Å². The minimum absolute atomic E-state index is 0. The highest BCUT2D eigenvalue weighted by atomic mass is 35.5. The zero-order valence-corrected chi connectivity index (χ0v) is 32.0. The Morgan fingerprint density at radius 2 is 0.0741 bits per heavy atom. The monoisotopic (exact) mass is 933 g/mol. The summed E-state index contributed by atoms with van der Waals surface area (Å²) in [6.45, 7) is 0. The minimum atomic E-state index is 0. The van der Waals surface area contributed by atoms with Crippen molar-refractivity contribution >= 4 is 310 Å². The molecular weight excluding hydrogens is 914 g/mol. The minimum Gasteiger partial charge on any atom is -0.344 e. The number of hydrogen-bond acceptors (Lipinski definition) is 2. The summed E-state index contributed by atoms with van der Waals surface area (Å²) in [5, 5.41) is 0. The molecule has 0 aromatic carbocycles. The topological polar surface area (TPSA) is 70.0 Å². The van der Waals surface area contributed by atoms with Crippen LogP contribution in [0, 0.1) is 0 Å². The lowest BCUT2D eigenvalue weighted by atomic mass is 14.0. The SMILES string of the molecule is Cl.Cl.Cl.Cl.Cl.Cl.Cl.Cl.Cl.Cl.Cl.Cl.Cl.Cl.Cl.Cl.Cl.Cl.Cl.Cl.Cl.Cl.Cl.Cl.Cl.N.N. The number of halogens is 25. The molecule has 0 amide bonds. The molecule has 27 heavy (non-hydrogen) atoms. The second-order valence-electron chi connectivity index (χ2n) is 0. The Morgan fingerprint density at radius 1 is 0.0741 bits per heavy atom. The van der Waals surface area contributed by atoms with E-state index in [1.807, 2.05) is 0 Å². The molecular formula is H31Cl25N2. The van der Waals surface area contributed by atoms with Gasteiger partial charge < -0.3 is 12.3 Å². The second-order valence-corrected chi connectivity index (χ2v) is 0. The average Bonchev–Trinajstić information content (AvgIpc) is 0. The van der Waals surface area contributed by atoms with Crippen molar-refractivity contribution in [1.29, 1.82) is 0 Å². The zero-order valence-electron chi connectivity index (χ0n) is 11.6. The molecule has 0 aromatic heterocycles. The summed E-state index contributed by atoms with van der Waals surface area (Å²) in [4.78, 5) is 0. The third kappa shape index (κ3) is 627. The molecule has 0 heterocycles. The van der Waals surface area contributed by atoms with Crippen LogP contribution in [0.25, 0.3) is 0 Å². The molecule has 0 bridgehead atoms. The van der Waals surface area contributed by atoms with Crippen LogP contribution in [-0.2, 0) is 0 Å². The molecule has 216 valence electrons. The summed E-state index contributed by atoms with van der Waals surface area (Å²) >= 11 is 0. The Balaban J connectivity index is 0. The molecule has 0 atom stereocenters. The summed E-state index contributed by atoms with van der Waals surface area (Å²) in [7, 11) is 0. The summed E-state index contributed by atoms with van der Waals surface area (Å²) in [6, 6.07) is 0. The van der Waals surface area contributed by atoms with Gasteiger partial charge in [-0.25, -0.2) is 0 Å². The quantitative estimate of drug-likeness (QED) is 0.254. The lowest BCUT2D eigenvalue weighted by molar-refractivity contribution is 2.13. The molecule has 0 rings (SSSR count). The third-order valence-corrected chi connectivity index (χ3v) is 0. The van der Waals surface area contributed by atoms with Crippen LogP contribution in [0.1, 0.15) is 0 Å². The fraction of sp³-hybridized carbons (Fsp3) is 0. The van der Waals surface area contributed by atoms with E-state index in [1.165, 1.54) is 0 Å². The van der Waals surface area contributed by atoms with Crippen LogP contribution in [0.5, 0.6) is 0 Å². The normalized spacial score (nSPS) is 0. The smallest absolute Gasteiger partial charge is 0.147 e. The van der Waals surface area contributed by atoms with E-state index in [2.05, 4.69) is 0 Å². The van der Waals surface area contributed by atoms with E-state index in [1.54, 1.807) is 0 Å². The first-order valence-electron chi connectivity index (χ1n) is 0. The molecule has 0 saturated carbocycles. The first-order valence-corrected chi connectivity index (χ1v) is 0. The summed E-state index contributed by atoms with van der Waals surface area (Å²) in [5.41, 5.74) is 0. The van der Waals surface area contributed by atoms with E-state index in [-0.39, 0.29) is 322 Å². The van der Waals surface area contributed by atoms with Crippen LogP contribution in [0.4, 0.5) is 0 Å². The number of rotatable bonds is 0. The van der Waals surface area contributed by atoms with Crippen molar-refractivity contribution < 1.29 is 0 Å². The maximum absolute atomic E-state index is 0. The van der Waals surface area contributed by atoms with Crippen LogP contribution in [0.2, 0.25) is 0 Å². The Hall–Kier alpha value is 7.17. The van der Waals surface area contributed by atoms with Crippen LogP contribution < -0.4 is 12.3 Å². The van der Waals surface area contributed by atoms with E-state index in [9.17, 15) is 0 Å².